The van der Waals surface area contributed by atoms with Gasteiger partial charge in [0.1, 0.15) is 0 Å². The van der Waals surface area contributed by atoms with Crippen molar-refractivity contribution in [3.8, 4) is 0 Å². The number of nitrogens with one attached hydrogen (secondary N) is 2. The predicted molar refractivity (Wildman–Crippen MR) is 52.3 cm³/mol. The Hall–Kier alpha value is -0.610. The lowest BCUT2D eigenvalue weighted by Crippen LogP contribution is -2.41. The van der Waals surface area contributed by atoms with Crippen molar-refractivity contribution in [2.24, 2.45) is 11.7 Å². The van der Waals surface area contributed by atoms with Gasteiger partial charge in [0.15, 0.2) is 0 Å². The highest BCUT2D eigenvalue weighted by Gasteiger charge is 2.25. The van der Waals surface area contributed by atoms with E-state index in [1.165, 1.54) is 12.8 Å². The maximum atomic E-state index is 11.0. The van der Waals surface area contributed by atoms with Crippen LogP contribution in [0.5, 0.6) is 0 Å². The first-order valence-electron chi connectivity index (χ1n) is 4.92. The van der Waals surface area contributed by atoms with Crippen molar-refractivity contribution in [2.45, 2.75) is 25.3 Å². The molecule has 0 aromatic heterocycles. The van der Waals surface area contributed by atoms with E-state index in [1.807, 2.05) is 0 Å². The zero-order valence-electron chi connectivity index (χ0n) is 8.18. The zero-order valence-corrected chi connectivity index (χ0v) is 8.18. The van der Waals surface area contributed by atoms with E-state index in [-0.39, 0.29) is 5.91 Å². The minimum absolute atomic E-state index is 0.0441. The van der Waals surface area contributed by atoms with E-state index in [2.05, 4.69) is 10.6 Å². The van der Waals surface area contributed by atoms with E-state index >= 15 is 0 Å². The first-order chi connectivity index (χ1) is 6.27. The van der Waals surface area contributed by atoms with Crippen LogP contribution >= 0.6 is 0 Å². The summed E-state index contributed by atoms with van der Waals surface area (Å²) in [7, 11) is 1.65. The number of rotatable bonds is 4. The normalized spacial score (nSPS) is 27.5. The molecule has 76 valence electrons. The van der Waals surface area contributed by atoms with Crippen LogP contribution in [-0.2, 0) is 4.79 Å². The summed E-state index contributed by atoms with van der Waals surface area (Å²) in [6, 6.07) is 0.447. The van der Waals surface area contributed by atoms with Crippen molar-refractivity contribution < 1.29 is 4.79 Å². The Labute approximate surface area is 79.3 Å². The molecule has 1 aliphatic rings. The standard InChI is InChI=1S/C9H19N3O/c1-11-9(13)6-12-8-4-2-3-7(8)5-10/h7-8,12H,2-6,10H2,1H3,(H,11,13). The monoisotopic (exact) mass is 185 g/mol. The topological polar surface area (TPSA) is 67.2 Å². The number of carbonyl (C=O) groups is 1. The van der Waals surface area contributed by atoms with E-state index in [1.54, 1.807) is 7.05 Å². The summed E-state index contributed by atoms with van der Waals surface area (Å²) < 4.78 is 0. The molecule has 0 bridgehead atoms. The Morgan fingerprint density at radius 1 is 1.54 bits per heavy atom. The molecule has 0 aromatic carbocycles. The van der Waals surface area contributed by atoms with E-state index in [0.29, 0.717) is 18.5 Å². The van der Waals surface area contributed by atoms with Crippen LogP contribution in [-0.4, -0.2) is 32.1 Å². The zero-order chi connectivity index (χ0) is 9.68. The van der Waals surface area contributed by atoms with Gasteiger partial charge in [-0.25, -0.2) is 0 Å². The summed E-state index contributed by atoms with van der Waals surface area (Å²) in [5.41, 5.74) is 5.62. The molecule has 2 atom stereocenters. The molecule has 1 amide bonds. The lowest BCUT2D eigenvalue weighted by atomic mass is 10.0. The molecule has 4 N–H and O–H groups in total. The molecule has 1 fully saturated rings. The van der Waals surface area contributed by atoms with E-state index in [4.69, 9.17) is 5.73 Å². The summed E-state index contributed by atoms with van der Waals surface area (Å²) in [5.74, 6) is 0.604. The molecule has 4 nitrogen and oxygen atoms in total. The maximum absolute atomic E-state index is 11.0. The second-order valence-corrected chi connectivity index (χ2v) is 3.59. The van der Waals surface area contributed by atoms with Gasteiger partial charge in [0.25, 0.3) is 0 Å². The second-order valence-electron chi connectivity index (χ2n) is 3.59. The van der Waals surface area contributed by atoms with Gasteiger partial charge >= 0.3 is 0 Å². The Balaban J connectivity index is 2.23. The summed E-state index contributed by atoms with van der Waals surface area (Å²) in [6.45, 7) is 1.14. The van der Waals surface area contributed by atoms with Gasteiger partial charge in [-0.15, -0.1) is 0 Å². The molecule has 1 aliphatic carbocycles. The first-order valence-corrected chi connectivity index (χ1v) is 4.92. The molecular weight excluding hydrogens is 166 g/mol. The van der Waals surface area contributed by atoms with Crippen molar-refractivity contribution in [3.05, 3.63) is 0 Å². The number of amides is 1. The minimum atomic E-state index is 0.0441. The van der Waals surface area contributed by atoms with E-state index in [0.717, 1.165) is 13.0 Å². The van der Waals surface area contributed by atoms with Crippen molar-refractivity contribution in [2.75, 3.05) is 20.1 Å². The van der Waals surface area contributed by atoms with Crippen LogP contribution in [0.15, 0.2) is 0 Å². The fourth-order valence-electron chi connectivity index (χ4n) is 1.90. The Kier molecular flexibility index (Phi) is 4.18. The number of hydrogen-bond acceptors (Lipinski definition) is 3. The average molecular weight is 185 g/mol. The molecule has 0 aliphatic heterocycles. The minimum Gasteiger partial charge on any atom is -0.358 e. The second kappa shape index (κ2) is 5.19. The van der Waals surface area contributed by atoms with Crippen LogP contribution in [0.3, 0.4) is 0 Å². The smallest absolute Gasteiger partial charge is 0.233 e. The Morgan fingerprint density at radius 3 is 2.92 bits per heavy atom. The third-order valence-electron chi connectivity index (χ3n) is 2.77. The van der Waals surface area contributed by atoms with Crippen LogP contribution in [0.25, 0.3) is 0 Å². The number of nitrogens with two attached hydrogens (primary N) is 1. The van der Waals surface area contributed by atoms with Gasteiger partial charge in [-0.05, 0) is 25.3 Å². The third kappa shape index (κ3) is 2.97. The highest BCUT2D eigenvalue weighted by molar-refractivity contribution is 5.77. The van der Waals surface area contributed by atoms with Crippen molar-refractivity contribution in [1.29, 1.82) is 0 Å². The summed E-state index contributed by atoms with van der Waals surface area (Å²) in [6.07, 6.45) is 3.58. The Morgan fingerprint density at radius 2 is 2.31 bits per heavy atom. The Bertz CT molecular complexity index is 172. The molecule has 0 spiro atoms. The SMILES string of the molecule is CNC(=O)CNC1CCCC1CN. The number of hydrogen-bond donors (Lipinski definition) is 3. The molecule has 1 rings (SSSR count). The summed E-state index contributed by atoms with van der Waals surface area (Å²) in [5, 5.41) is 5.83. The summed E-state index contributed by atoms with van der Waals surface area (Å²) >= 11 is 0. The molecule has 1 saturated carbocycles. The third-order valence-corrected chi connectivity index (χ3v) is 2.77. The summed E-state index contributed by atoms with van der Waals surface area (Å²) in [4.78, 5) is 11.0. The van der Waals surface area contributed by atoms with Gasteiger partial charge in [-0.2, -0.15) is 0 Å². The van der Waals surface area contributed by atoms with Crippen LogP contribution in [0.1, 0.15) is 19.3 Å². The van der Waals surface area contributed by atoms with Crippen molar-refractivity contribution in [3.63, 3.8) is 0 Å². The number of carbonyl (C=O) groups excluding carboxylic acids is 1. The quantitative estimate of drug-likeness (QED) is 0.550. The highest BCUT2D eigenvalue weighted by atomic mass is 16.1. The maximum Gasteiger partial charge on any atom is 0.233 e. The van der Waals surface area contributed by atoms with Crippen LogP contribution in [0.4, 0.5) is 0 Å². The molecule has 0 aromatic rings. The lowest BCUT2D eigenvalue weighted by molar-refractivity contribution is -0.119. The first kappa shape index (κ1) is 10.5. The van der Waals surface area contributed by atoms with Gasteiger partial charge < -0.3 is 16.4 Å². The highest BCUT2D eigenvalue weighted by Crippen LogP contribution is 2.24. The predicted octanol–water partition coefficient (Wildman–Crippen LogP) is -0.551. The molecule has 0 radical (unpaired) electrons. The van der Waals surface area contributed by atoms with Gasteiger partial charge in [0, 0.05) is 13.1 Å². The van der Waals surface area contributed by atoms with E-state index in [9.17, 15) is 4.79 Å². The molecular formula is C9H19N3O. The van der Waals surface area contributed by atoms with Crippen LogP contribution in [0.2, 0.25) is 0 Å². The van der Waals surface area contributed by atoms with Crippen LogP contribution in [0, 0.1) is 5.92 Å². The van der Waals surface area contributed by atoms with E-state index < -0.39 is 0 Å². The molecule has 0 heterocycles. The van der Waals surface area contributed by atoms with Gasteiger partial charge in [0.05, 0.1) is 6.54 Å². The van der Waals surface area contributed by atoms with Crippen molar-refractivity contribution in [1.82, 2.24) is 10.6 Å². The van der Waals surface area contributed by atoms with Crippen LogP contribution < -0.4 is 16.4 Å². The molecule has 0 saturated heterocycles. The van der Waals surface area contributed by atoms with Gasteiger partial charge in [0.2, 0.25) is 5.91 Å². The molecule has 4 heteroatoms. The molecule has 2 unspecified atom stereocenters. The van der Waals surface area contributed by atoms with Gasteiger partial charge in [-0.3, -0.25) is 4.79 Å². The van der Waals surface area contributed by atoms with Gasteiger partial charge in [-0.1, -0.05) is 6.42 Å². The fraction of sp³-hybridized carbons (Fsp3) is 0.889. The largest absolute Gasteiger partial charge is 0.358 e. The molecule has 13 heavy (non-hydrogen) atoms. The average Bonchev–Trinajstić information content (AvgIpc) is 2.61. The fourth-order valence-corrected chi connectivity index (χ4v) is 1.90. The number of likely N-dealkylation sites (N-methyl/N-ethyl adjacent to an activating group) is 1. The van der Waals surface area contributed by atoms with Crippen molar-refractivity contribution >= 4 is 5.91 Å². The lowest BCUT2D eigenvalue weighted by Gasteiger charge is -2.18.